The average molecular weight is 889 g/mol. The van der Waals surface area contributed by atoms with E-state index in [0.29, 0.717) is 5.84 Å². The first-order chi connectivity index (χ1) is 34.1. The molecule has 0 bridgehead atoms. The van der Waals surface area contributed by atoms with Gasteiger partial charge in [0.05, 0.1) is 0 Å². The van der Waals surface area contributed by atoms with E-state index in [9.17, 15) is 0 Å². The van der Waals surface area contributed by atoms with Gasteiger partial charge in [0.1, 0.15) is 41.3 Å². The van der Waals surface area contributed by atoms with Crippen LogP contribution in [0.25, 0.3) is 65.7 Å². The molecule has 2 aliphatic heterocycles. The summed E-state index contributed by atoms with van der Waals surface area (Å²) in [7, 11) is 0. The highest BCUT2D eigenvalue weighted by Crippen LogP contribution is 2.41. The van der Waals surface area contributed by atoms with Crippen LogP contribution in [-0.4, -0.2) is 17.5 Å². The van der Waals surface area contributed by atoms with Crippen molar-refractivity contribution < 1.29 is 4.42 Å². The lowest BCUT2D eigenvalue weighted by molar-refractivity contribution is 0.409. The van der Waals surface area contributed by atoms with Gasteiger partial charge in [0.15, 0.2) is 5.84 Å². The minimum Gasteiger partial charge on any atom is -0.456 e. The Balaban J connectivity index is 0.905. The molecule has 3 N–H and O–H groups in total. The second-order valence-electron chi connectivity index (χ2n) is 17.7. The number of furan rings is 1. The van der Waals surface area contributed by atoms with Crippen LogP contribution in [-0.2, 0) is 0 Å². The van der Waals surface area contributed by atoms with Gasteiger partial charge in [-0.05, 0) is 85.3 Å². The van der Waals surface area contributed by atoms with E-state index in [1.807, 2.05) is 36.4 Å². The minimum absolute atomic E-state index is 0.117. The van der Waals surface area contributed by atoms with Crippen molar-refractivity contribution in [1.82, 2.24) is 16.0 Å². The van der Waals surface area contributed by atoms with Crippen molar-refractivity contribution in [2.24, 2.45) is 15.0 Å². The van der Waals surface area contributed by atoms with Gasteiger partial charge < -0.3 is 15.1 Å². The summed E-state index contributed by atoms with van der Waals surface area (Å²) in [6.07, 6.45) is -0.753. The van der Waals surface area contributed by atoms with E-state index in [0.717, 1.165) is 100 Å². The maximum Gasteiger partial charge on any atom is 0.159 e. The molecule has 1 aromatic heterocycles. The van der Waals surface area contributed by atoms with Crippen molar-refractivity contribution in [1.29, 1.82) is 0 Å². The lowest BCUT2D eigenvalue weighted by Gasteiger charge is -2.32. The van der Waals surface area contributed by atoms with Crippen molar-refractivity contribution in [2.45, 2.75) is 18.5 Å². The number of amidine groups is 3. The molecule has 69 heavy (non-hydrogen) atoms. The number of para-hydroxylation sites is 1. The van der Waals surface area contributed by atoms with E-state index in [1.165, 1.54) is 10.8 Å². The molecule has 0 fully saturated rings. The summed E-state index contributed by atoms with van der Waals surface area (Å²) in [4.78, 5) is 15.9. The number of hydrogen-bond acceptors (Lipinski definition) is 7. The van der Waals surface area contributed by atoms with Crippen LogP contribution in [0.3, 0.4) is 0 Å². The summed E-state index contributed by atoms with van der Waals surface area (Å²) < 4.78 is 6.65. The van der Waals surface area contributed by atoms with Crippen LogP contribution >= 0.6 is 0 Å². The smallest absolute Gasteiger partial charge is 0.159 e. The Labute approximate surface area is 399 Å². The zero-order valence-corrected chi connectivity index (χ0v) is 37.4. The maximum atomic E-state index is 6.65. The van der Waals surface area contributed by atoms with Gasteiger partial charge in [-0.3, -0.25) is 5.32 Å². The van der Waals surface area contributed by atoms with E-state index < -0.39 is 0 Å². The molecule has 7 nitrogen and oxygen atoms in total. The summed E-state index contributed by atoms with van der Waals surface area (Å²) >= 11 is 0. The van der Waals surface area contributed by atoms with Crippen molar-refractivity contribution in [2.75, 3.05) is 0 Å². The molecular weight excluding hydrogens is 845 g/mol. The lowest BCUT2D eigenvalue weighted by atomic mass is 9.93. The predicted molar refractivity (Wildman–Crippen MR) is 283 cm³/mol. The van der Waals surface area contributed by atoms with E-state index in [4.69, 9.17) is 19.4 Å². The molecule has 0 saturated heterocycles. The van der Waals surface area contributed by atoms with Crippen molar-refractivity contribution in [3.8, 4) is 22.3 Å². The van der Waals surface area contributed by atoms with Gasteiger partial charge in [-0.25, -0.2) is 15.0 Å². The second kappa shape index (κ2) is 17.1. The Bertz CT molecular complexity index is 3830. The molecule has 0 saturated carbocycles. The van der Waals surface area contributed by atoms with Gasteiger partial charge >= 0.3 is 0 Å². The second-order valence-corrected chi connectivity index (χ2v) is 17.7. The van der Waals surface area contributed by atoms with Crippen LogP contribution in [0.5, 0.6) is 0 Å². The maximum absolute atomic E-state index is 6.65. The van der Waals surface area contributed by atoms with E-state index in [2.05, 4.69) is 210 Å². The first kappa shape index (κ1) is 40.4. The van der Waals surface area contributed by atoms with Crippen LogP contribution in [0.2, 0.25) is 0 Å². The fraction of sp³-hybridized carbons (Fsp3) is 0.0484. The van der Waals surface area contributed by atoms with E-state index >= 15 is 0 Å². The highest BCUT2D eigenvalue weighted by Gasteiger charge is 2.27. The first-order valence-corrected chi connectivity index (χ1v) is 23.4. The summed E-state index contributed by atoms with van der Waals surface area (Å²) in [6, 6.07) is 80.8. The molecular formula is C62H44N6O. The van der Waals surface area contributed by atoms with Crippen molar-refractivity contribution >= 4 is 61.0 Å². The number of hydrogen-bond donors (Lipinski definition) is 3. The molecule has 328 valence electrons. The third-order valence-corrected chi connectivity index (χ3v) is 13.4. The van der Waals surface area contributed by atoms with Gasteiger partial charge in [-0.1, -0.05) is 200 Å². The Kier molecular flexibility index (Phi) is 9.99. The van der Waals surface area contributed by atoms with Crippen LogP contribution in [0.15, 0.2) is 250 Å². The fourth-order valence-electron chi connectivity index (χ4n) is 9.93. The summed E-state index contributed by atoms with van der Waals surface area (Å²) in [6.45, 7) is 0. The Morgan fingerprint density at radius 3 is 1.91 bits per heavy atom. The molecule has 0 spiro atoms. The highest BCUT2D eigenvalue weighted by molar-refractivity contribution is 6.16. The number of nitrogens with one attached hydrogen (secondary N) is 3. The van der Waals surface area contributed by atoms with E-state index in [1.54, 1.807) is 0 Å². The first-order valence-electron chi connectivity index (χ1n) is 23.4. The summed E-state index contributed by atoms with van der Waals surface area (Å²) in [5.74, 6) is 2.30. The van der Waals surface area contributed by atoms with Gasteiger partial charge in [0.25, 0.3) is 0 Å². The molecule has 11 aromatic rings. The monoisotopic (exact) mass is 888 g/mol. The van der Waals surface area contributed by atoms with E-state index in [-0.39, 0.29) is 18.5 Å². The molecule has 2 aliphatic rings. The molecule has 10 aromatic carbocycles. The molecule has 7 heteroatoms. The molecule has 3 unspecified atom stereocenters. The Hall–Kier alpha value is -8.91. The van der Waals surface area contributed by atoms with Crippen molar-refractivity contribution in [3.63, 3.8) is 0 Å². The third-order valence-electron chi connectivity index (χ3n) is 13.4. The SMILES string of the molecule is c1ccc(C2=NC(c3ccc(-c4cc(-c5cccc(C6=NC(c7cccc8ccccc78)NC(c7ccc8ccccc8c7)=N6)c5)c5c(c4)oc4ccccc45)cc3)NC(c3ccccc3)N2)cc1. The molecule has 3 heterocycles. The molecule has 0 amide bonds. The normalized spacial score (nSPS) is 17.0. The molecule has 0 radical (unpaired) electrons. The number of nitrogens with zero attached hydrogens (tertiary/aromatic N) is 3. The quantitative estimate of drug-likeness (QED) is 0.142. The fourth-order valence-corrected chi connectivity index (χ4v) is 9.93. The Morgan fingerprint density at radius 1 is 0.377 bits per heavy atom. The number of fused-ring (bicyclic) bond motifs is 5. The summed E-state index contributed by atoms with van der Waals surface area (Å²) in [5.41, 5.74) is 12.2. The topological polar surface area (TPSA) is 86.3 Å². The highest BCUT2D eigenvalue weighted by atomic mass is 16.3. The molecule has 0 aliphatic carbocycles. The zero-order valence-electron chi connectivity index (χ0n) is 37.4. The standard InChI is InChI=1S/C62H44N6O/c1-3-17-42(18-4-1)57-63-58(43-19-5-2-6-20-43)65-59(64-57)44-32-29-40(30-33-44)49-37-53(56-52-26-11-12-28-54(52)69-55(56)38-49)46-23-13-24-47(36-46)60-66-61(48-34-31-39-15-7-8-21-45(39)35-48)68-62(67-60)51-27-14-22-41-16-9-10-25-50(41)51/h1-38,57,59,62,64H,(H,63,65)(H,66,67,68). The number of aliphatic imine (C=N–C) groups is 3. The van der Waals surface area contributed by atoms with Gasteiger partial charge in [-0.15, -0.1) is 0 Å². The van der Waals surface area contributed by atoms with Gasteiger partial charge in [-0.2, -0.15) is 0 Å². The van der Waals surface area contributed by atoms with Crippen LogP contribution in [0.1, 0.15) is 51.9 Å². The number of rotatable bonds is 8. The minimum atomic E-state index is -0.371. The lowest BCUT2D eigenvalue weighted by Crippen LogP contribution is -2.44. The summed E-state index contributed by atoms with van der Waals surface area (Å²) in [5, 5.41) is 17.9. The van der Waals surface area contributed by atoms with Crippen molar-refractivity contribution in [3.05, 3.63) is 264 Å². The van der Waals surface area contributed by atoms with Crippen LogP contribution in [0, 0.1) is 0 Å². The molecule has 13 rings (SSSR count). The molecule has 3 atom stereocenters. The average Bonchev–Trinajstić information content (AvgIpc) is 3.81. The zero-order chi connectivity index (χ0) is 45.7. The number of benzene rings is 10. The van der Waals surface area contributed by atoms with Crippen LogP contribution < -0.4 is 16.0 Å². The largest absolute Gasteiger partial charge is 0.456 e. The van der Waals surface area contributed by atoms with Gasteiger partial charge in [0, 0.05) is 33.0 Å². The van der Waals surface area contributed by atoms with Crippen LogP contribution in [0.4, 0.5) is 0 Å². The predicted octanol–water partition coefficient (Wildman–Crippen LogP) is 14.1. The third kappa shape index (κ3) is 7.61. The van der Waals surface area contributed by atoms with Gasteiger partial charge in [0.2, 0.25) is 0 Å². The Morgan fingerprint density at radius 2 is 1.06 bits per heavy atom.